The summed E-state index contributed by atoms with van der Waals surface area (Å²) in [4.78, 5) is 29.2. The molecule has 1 heterocycles. The number of nitrogens with zero attached hydrogens (tertiary/aromatic N) is 2. The molecule has 0 atom stereocenters. The minimum Gasteiger partial charge on any atom is -0.489 e. The van der Waals surface area contributed by atoms with Crippen molar-refractivity contribution < 1.29 is 9.53 Å². The van der Waals surface area contributed by atoms with Gasteiger partial charge in [0.1, 0.15) is 18.9 Å². The molecule has 6 nitrogen and oxygen atoms in total. The van der Waals surface area contributed by atoms with E-state index >= 15 is 0 Å². The highest BCUT2D eigenvalue weighted by atomic mass is 35.5. The summed E-state index contributed by atoms with van der Waals surface area (Å²) in [6.07, 6.45) is 1.36. The van der Waals surface area contributed by atoms with Gasteiger partial charge in [0.05, 0.1) is 17.2 Å². The Kier molecular flexibility index (Phi) is 5.77. The van der Waals surface area contributed by atoms with Crippen molar-refractivity contribution in [1.29, 1.82) is 0 Å². The zero-order chi connectivity index (χ0) is 20.9. The van der Waals surface area contributed by atoms with E-state index in [1.54, 1.807) is 42.5 Å². The van der Waals surface area contributed by atoms with E-state index in [-0.39, 0.29) is 18.0 Å². The number of aromatic nitrogens is 2. The van der Waals surface area contributed by atoms with Crippen LogP contribution >= 0.6 is 11.6 Å². The largest absolute Gasteiger partial charge is 0.489 e. The maximum atomic E-state index is 12.6. The van der Waals surface area contributed by atoms with Crippen molar-refractivity contribution in [2.24, 2.45) is 0 Å². The first kappa shape index (κ1) is 19.7. The van der Waals surface area contributed by atoms with Gasteiger partial charge >= 0.3 is 0 Å². The van der Waals surface area contributed by atoms with Gasteiger partial charge in [0.15, 0.2) is 0 Å². The summed E-state index contributed by atoms with van der Waals surface area (Å²) in [5.41, 5.74) is 1.90. The van der Waals surface area contributed by atoms with Gasteiger partial charge in [-0.2, -0.15) is 0 Å². The Morgan fingerprint density at radius 3 is 2.57 bits per heavy atom. The van der Waals surface area contributed by atoms with Crippen LogP contribution in [0.2, 0.25) is 5.02 Å². The summed E-state index contributed by atoms with van der Waals surface area (Å²) < 4.78 is 6.99. The van der Waals surface area contributed by atoms with Crippen LogP contribution in [0.15, 0.2) is 83.9 Å². The monoisotopic (exact) mass is 419 g/mol. The molecule has 7 heteroatoms. The number of amides is 1. The lowest BCUT2D eigenvalue weighted by Crippen LogP contribution is -2.27. The third kappa shape index (κ3) is 4.67. The molecule has 0 aliphatic rings. The van der Waals surface area contributed by atoms with E-state index in [1.165, 1.54) is 10.9 Å². The Hall–Kier alpha value is -3.64. The van der Waals surface area contributed by atoms with Crippen molar-refractivity contribution >= 4 is 34.1 Å². The number of hydrogen-bond donors (Lipinski definition) is 1. The Morgan fingerprint density at radius 2 is 1.80 bits per heavy atom. The predicted octanol–water partition coefficient (Wildman–Crippen LogP) is 4.27. The van der Waals surface area contributed by atoms with Crippen LogP contribution in [0.4, 0.5) is 5.69 Å². The van der Waals surface area contributed by atoms with Crippen molar-refractivity contribution in [1.82, 2.24) is 9.55 Å². The predicted molar refractivity (Wildman–Crippen MR) is 117 cm³/mol. The molecule has 30 heavy (non-hydrogen) atoms. The molecule has 1 amide bonds. The molecule has 0 spiro atoms. The molecule has 3 aromatic carbocycles. The number of ether oxygens (including phenoxy) is 1. The Labute approximate surface area is 177 Å². The van der Waals surface area contributed by atoms with Crippen LogP contribution in [0.25, 0.3) is 10.9 Å². The van der Waals surface area contributed by atoms with E-state index in [4.69, 9.17) is 16.3 Å². The van der Waals surface area contributed by atoms with Crippen molar-refractivity contribution in [2.75, 3.05) is 5.32 Å². The number of rotatable bonds is 6. The SMILES string of the molecule is O=C(Cn1cnc2ccc(Cl)cc2c1=O)Nc1ccc(OCc2ccccc2)cc1. The maximum absolute atomic E-state index is 12.6. The highest BCUT2D eigenvalue weighted by Crippen LogP contribution is 2.17. The number of carbonyl (C=O) groups is 1. The Morgan fingerprint density at radius 1 is 1.03 bits per heavy atom. The van der Waals surface area contributed by atoms with E-state index < -0.39 is 0 Å². The maximum Gasteiger partial charge on any atom is 0.261 e. The quantitative estimate of drug-likeness (QED) is 0.506. The highest BCUT2D eigenvalue weighted by molar-refractivity contribution is 6.31. The summed E-state index contributed by atoms with van der Waals surface area (Å²) in [6, 6.07) is 21.8. The molecular formula is C23H18ClN3O3. The molecular weight excluding hydrogens is 402 g/mol. The van der Waals surface area contributed by atoms with E-state index in [0.717, 1.165) is 5.56 Å². The van der Waals surface area contributed by atoms with Gasteiger partial charge in [-0.3, -0.25) is 14.2 Å². The van der Waals surface area contributed by atoms with Gasteiger partial charge in [0.25, 0.3) is 5.56 Å². The fourth-order valence-electron chi connectivity index (χ4n) is 2.97. The smallest absolute Gasteiger partial charge is 0.261 e. The van der Waals surface area contributed by atoms with Gasteiger partial charge in [0.2, 0.25) is 5.91 Å². The van der Waals surface area contributed by atoms with Crippen LogP contribution in [0.5, 0.6) is 5.75 Å². The van der Waals surface area contributed by atoms with Gasteiger partial charge < -0.3 is 10.1 Å². The number of fused-ring (bicyclic) bond motifs is 1. The molecule has 0 bridgehead atoms. The van der Waals surface area contributed by atoms with Gasteiger partial charge in [0, 0.05) is 10.7 Å². The van der Waals surface area contributed by atoms with Crippen LogP contribution in [-0.2, 0) is 17.9 Å². The van der Waals surface area contributed by atoms with E-state index in [1.807, 2.05) is 30.3 Å². The lowest BCUT2D eigenvalue weighted by Gasteiger charge is -2.10. The van der Waals surface area contributed by atoms with Crippen molar-refractivity contribution in [3.8, 4) is 5.75 Å². The summed E-state index contributed by atoms with van der Waals surface area (Å²) in [7, 11) is 0. The summed E-state index contributed by atoms with van der Waals surface area (Å²) in [5.74, 6) is 0.363. The third-order valence-corrected chi connectivity index (χ3v) is 4.72. The van der Waals surface area contributed by atoms with E-state index in [9.17, 15) is 9.59 Å². The van der Waals surface area contributed by atoms with Crippen LogP contribution in [0, 0.1) is 0 Å². The number of halogens is 1. The molecule has 4 rings (SSSR count). The lowest BCUT2D eigenvalue weighted by atomic mass is 10.2. The lowest BCUT2D eigenvalue weighted by molar-refractivity contribution is -0.116. The first-order valence-electron chi connectivity index (χ1n) is 9.30. The normalized spacial score (nSPS) is 10.7. The molecule has 0 saturated heterocycles. The Bertz CT molecular complexity index is 1240. The molecule has 0 saturated carbocycles. The second kappa shape index (κ2) is 8.80. The number of hydrogen-bond acceptors (Lipinski definition) is 4. The third-order valence-electron chi connectivity index (χ3n) is 4.49. The zero-order valence-corrected chi connectivity index (χ0v) is 16.7. The number of anilines is 1. The minimum absolute atomic E-state index is 0.152. The molecule has 150 valence electrons. The van der Waals surface area contributed by atoms with Gasteiger partial charge in [-0.05, 0) is 48.0 Å². The zero-order valence-electron chi connectivity index (χ0n) is 15.9. The first-order valence-corrected chi connectivity index (χ1v) is 9.68. The van der Waals surface area contributed by atoms with Crippen LogP contribution in [-0.4, -0.2) is 15.5 Å². The van der Waals surface area contributed by atoms with Crippen molar-refractivity contribution in [3.05, 3.63) is 100 Å². The van der Waals surface area contributed by atoms with Crippen LogP contribution in [0.3, 0.4) is 0 Å². The topological polar surface area (TPSA) is 73.2 Å². The number of nitrogens with one attached hydrogen (secondary N) is 1. The Balaban J connectivity index is 1.39. The van der Waals surface area contributed by atoms with E-state index in [2.05, 4.69) is 10.3 Å². The average Bonchev–Trinajstić information content (AvgIpc) is 2.76. The molecule has 0 aliphatic carbocycles. The van der Waals surface area contributed by atoms with Crippen LogP contribution < -0.4 is 15.6 Å². The molecule has 0 unspecified atom stereocenters. The molecule has 1 N–H and O–H groups in total. The van der Waals surface area contributed by atoms with Gasteiger partial charge in [-0.25, -0.2) is 4.98 Å². The highest BCUT2D eigenvalue weighted by Gasteiger charge is 2.09. The summed E-state index contributed by atoms with van der Waals surface area (Å²) in [6.45, 7) is 0.314. The molecule has 0 fully saturated rings. The molecule has 0 radical (unpaired) electrons. The van der Waals surface area contributed by atoms with Crippen LogP contribution in [0.1, 0.15) is 5.56 Å². The van der Waals surface area contributed by atoms with Gasteiger partial charge in [-0.1, -0.05) is 41.9 Å². The second-order valence-corrected chi connectivity index (χ2v) is 7.12. The van der Waals surface area contributed by atoms with Crippen molar-refractivity contribution in [2.45, 2.75) is 13.2 Å². The molecule has 0 aliphatic heterocycles. The number of carbonyl (C=O) groups excluding carboxylic acids is 1. The summed E-state index contributed by atoms with van der Waals surface area (Å²) >= 11 is 5.96. The summed E-state index contributed by atoms with van der Waals surface area (Å²) in [5, 5.41) is 3.59. The fraction of sp³-hybridized carbons (Fsp3) is 0.0870. The number of benzene rings is 3. The fourth-order valence-corrected chi connectivity index (χ4v) is 3.15. The first-order chi connectivity index (χ1) is 14.6. The van der Waals surface area contributed by atoms with Crippen molar-refractivity contribution in [3.63, 3.8) is 0 Å². The molecule has 1 aromatic heterocycles. The van der Waals surface area contributed by atoms with Gasteiger partial charge in [-0.15, -0.1) is 0 Å². The average molecular weight is 420 g/mol. The standard InChI is InChI=1S/C23H18ClN3O3/c24-17-6-11-21-20(12-17)23(29)27(15-25-21)13-22(28)26-18-7-9-19(10-8-18)30-14-16-4-2-1-3-5-16/h1-12,15H,13-14H2,(H,26,28). The van der Waals surface area contributed by atoms with E-state index in [0.29, 0.717) is 34.0 Å². The second-order valence-electron chi connectivity index (χ2n) is 6.69. The molecule has 4 aromatic rings. The minimum atomic E-state index is -0.335.